The van der Waals surface area contributed by atoms with E-state index in [-0.39, 0.29) is 16.1 Å². The topological polar surface area (TPSA) is 49.6 Å². The van der Waals surface area contributed by atoms with Crippen LogP contribution in [0.4, 0.5) is 11.4 Å². The molecule has 2 fully saturated rings. The van der Waals surface area contributed by atoms with Gasteiger partial charge in [-0.15, -0.1) is 0 Å². The standard InChI is InChI=1S/C15H21N3O2/c1-16(13-6-2-3-7-14(13)18(19)20)12-15-8-4-10-17(15)11-5-9-15/h2-3,6-7H,4-5,8-12H2,1H3. The molecule has 0 aromatic heterocycles. The number of para-hydroxylation sites is 2. The van der Waals surface area contributed by atoms with Crippen LogP contribution >= 0.6 is 0 Å². The van der Waals surface area contributed by atoms with Gasteiger partial charge in [0.15, 0.2) is 0 Å². The van der Waals surface area contributed by atoms with Crippen LogP contribution < -0.4 is 4.90 Å². The Morgan fingerprint density at radius 1 is 1.30 bits per heavy atom. The lowest BCUT2D eigenvalue weighted by Gasteiger charge is -2.36. The number of anilines is 1. The van der Waals surface area contributed by atoms with Crippen molar-refractivity contribution >= 4 is 11.4 Å². The number of rotatable bonds is 4. The summed E-state index contributed by atoms with van der Waals surface area (Å²) >= 11 is 0. The zero-order valence-electron chi connectivity index (χ0n) is 11.9. The van der Waals surface area contributed by atoms with Gasteiger partial charge in [-0.25, -0.2) is 0 Å². The van der Waals surface area contributed by atoms with Crippen LogP contribution in [0, 0.1) is 10.1 Å². The van der Waals surface area contributed by atoms with Crippen molar-refractivity contribution in [2.24, 2.45) is 0 Å². The molecule has 0 unspecified atom stereocenters. The highest BCUT2D eigenvalue weighted by Gasteiger charge is 2.45. The van der Waals surface area contributed by atoms with Crippen LogP contribution in [0.1, 0.15) is 25.7 Å². The molecule has 5 nitrogen and oxygen atoms in total. The van der Waals surface area contributed by atoms with Crippen LogP contribution in [0.25, 0.3) is 0 Å². The molecule has 1 aromatic carbocycles. The summed E-state index contributed by atoms with van der Waals surface area (Å²) in [7, 11) is 1.98. The second kappa shape index (κ2) is 5.05. The van der Waals surface area contributed by atoms with Crippen molar-refractivity contribution in [1.29, 1.82) is 0 Å². The van der Waals surface area contributed by atoms with E-state index in [1.165, 1.54) is 38.8 Å². The van der Waals surface area contributed by atoms with Gasteiger partial charge in [0.25, 0.3) is 5.69 Å². The van der Waals surface area contributed by atoms with E-state index in [4.69, 9.17) is 0 Å². The van der Waals surface area contributed by atoms with E-state index in [1.807, 2.05) is 19.2 Å². The van der Waals surface area contributed by atoms with Gasteiger partial charge >= 0.3 is 0 Å². The summed E-state index contributed by atoms with van der Waals surface area (Å²) in [6.07, 6.45) is 4.95. The molecule has 0 amide bonds. The minimum atomic E-state index is -0.287. The Morgan fingerprint density at radius 3 is 2.60 bits per heavy atom. The molecule has 1 aromatic rings. The minimum Gasteiger partial charge on any atom is -0.367 e. The smallest absolute Gasteiger partial charge is 0.292 e. The van der Waals surface area contributed by atoms with Crippen molar-refractivity contribution in [3.8, 4) is 0 Å². The lowest BCUT2D eigenvalue weighted by Crippen LogP contribution is -2.47. The van der Waals surface area contributed by atoms with Gasteiger partial charge in [0.05, 0.1) is 4.92 Å². The predicted octanol–water partition coefficient (Wildman–Crippen LogP) is 2.66. The zero-order valence-corrected chi connectivity index (χ0v) is 11.9. The molecule has 0 atom stereocenters. The SMILES string of the molecule is CN(CC12CCCN1CCC2)c1ccccc1[N+](=O)[O-]. The summed E-state index contributed by atoms with van der Waals surface area (Å²) in [6.45, 7) is 3.26. The summed E-state index contributed by atoms with van der Waals surface area (Å²) < 4.78 is 0. The van der Waals surface area contributed by atoms with E-state index in [0.29, 0.717) is 0 Å². The quantitative estimate of drug-likeness (QED) is 0.626. The van der Waals surface area contributed by atoms with Crippen LogP contribution in [-0.4, -0.2) is 42.0 Å². The zero-order chi connectivity index (χ0) is 14.2. The first kappa shape index (κ1) is 13.4. The van der Waals surface area contributed by atoms with E-state index in [9.17, 15) is 10.1 Å². The Morgan fingerprint density at radius 2 is 1.95 bits per heavy atom. The normalized spacial score (nSPS) is 20.9. The molecule has 20 heavy (non-hydrogen) atoms. The van der Waals surface area contributed by atoms with Gasteiger partial charge < -0.3 is 4.90 Å². The van der Waals surface area contributed by atoms with Gasteiger partial charge in [0.2, 0.25) is 0 Å². The third kappa shape index (κ3) is 2.16. The molecule has 2 aliphatic heterocycles. The summed E-state index contributed by atoms with van der Waals surface area (Å²) in [5.41, 5.74) is 1.18. The number of nitro benzene ring substituents is 1. The van der Waals surface area contributed by atoms with Crippen molar-refractivity contribution in [3.63, 3.8) is 0 Å². The molecule has 0 N–H and O–H groups in total. The average Bonchev–Trinajstić information content (AvgIpc) is 2.97. The van der Waals surface area contributed by atoms with Gasteiger partial charge in [-0.1, -0.05) is 12.1 Å². The maximum absolute atomic E-state index is 11.2. The Labute approximate surface area is 119 Å². The lowest BCUT2D eigenvalue weighted by molar-refractivity contribution is -0.384. The monoisotopic (exact) mass is 275 g/mol. The highest BCUT2D eigenvalue weighted by Crippen LogP contribution is 2.40. The molecule has 2 heterocycles. The fraction of sp³-hybridized carbons (Fsp3) is 0.600. The van der Waals surface area contributed by atoms with Gasteiger partial charge in [-0.3, -0.25) is 15.0 Å². The highest BCUT2D eigenvalue weighted by atomic mass is 16.6. The van der Waals surface area contributed by atoms with Crippen molar-refractivity contribution in [1.82, 2.24) is 4.90 Å². The van der Waals surface area contributed by atoms with Crippen LogP contribution in [0.3, 0.4) is 0 Å². The Hall–Kier alpha value is -1.62. The molecular weight excluding hydrogens is 254 g/mol. The van der Waals surface area contributed by atoms with Crippen LogP contribution in [0.15, 0.2) is 24.3 Å². The van der Waals surface area contributed by atoms with Gasteiger partial charge in [0.1, 0.15) is 5.69 Å². The number of hydrogen-bond donors (Lipinski definition) is 0. The largest absolute Gasteiger partial charge is 0.367 e. The van der Waals surface area contributed by atoms with Crippen molar-refractivity contribution < 1.29 is 4.92 Å². The minimum absolute atomic E-state index is 0.203. The Bertz CT molecular complexity index is 508. The first-order valence-electron chi connectivity index (χ1n) is 7.32. The van der Waals surface area contributed by atoms with E-state index < -0.39 is 0 Å². The highest BCUT2D eigenvalue weighted by molar-refractivity contribution is 5.62. The van der Waals surface area contributed by atoms with Crippen molar-refractivity contribution in [3.05, 3.63) is 34.4 Å². The number of nitro groups is 1. The second-order valence-electron chi connectivity index (χ2n) is 6.02. The second-order valence-corrected chi connectivity index (χ2v) is 6.02. The van der Waals surface area contributed by atoms with E-state index in [1.54, 1.807) is 12.1 Å². The fourth-order valence-electron chi connectivity index (χ4n) is 3.95. The van der Waals surface area contributed by atoms with Crippen molar-refractivity contribution in [2.45, 2.75) is 31.2 Å². The molecule has 2 saturated heterocycles. The van der Waals surface area contributed by atoms with Gasteiger partial charge in [0, 0.05) is 25.2 Å². The Balaban J connectivity index is 1.83. The summed E-state index contributed by atoms with van der Waals surface area (Å²) in [5.74, 6) is 0. The number of nitrogens with zero attached hydrogens (tertiary/aromatic N) is 3. The molecule has 5 heteroatoms. The van der Waals surface area contributed by atoms with E-state index in [2.05, 4.69) is 9.80 Å². The van der Waals surface area contributed by atoms with Crippen LogP contribution in [-0.2, 0) is 0 Å². The number of likely N-dealkylation sites (N-methyl/N-ethyl adjacent to an activating group) is 1. The molecule has 0 spiro atoms. The number of fused-ring (bicyclic) bond motifs is 1. The van der Waals surface area contributed by atoms with E-state index in [0.717, 1.165) is 12.2 Å². The summed E-state index contributed by atoms with van der Waals surface area (Å²) in [6, 6.07) is 7.04. The molecule has 0 saturated carbocycles. The van der Waals surface area contributed by atoms with Crippen LogP contribution in [0.2, 0.25) is 0 Å². The fourth-order valence-corrected chi connectivity index (χ4v) is 3.95. The molecule has 108 valence electrons. The lowest BCUT2D eigenvalue weighted by atomic mass is 9.93. The first-order chi connectivity index (χ1) is 9.62. The Kier molecular flexibility index (Phi) is 3.38. The average molecular weight is 275 g/mol. The molecule has 3 rings (SSSR count). The summed E-state index contributed by atoms with van der Waals surface area (Å²) in [4.78, 5) is 15.5. The molecule has 0 radical (unpaired) electrons. The van der Waals surface area contributed by atoms with Gasteiger partial charge in [-0.2, -0.15) is 0 Å². The number of hydrogen-bond acceptors (Lipinski definition) is 4. The molecule has 0 bridgehead atoms. The maximum Gasteiger partial charge on any atom is 0.292 e. The maximum atomic E-state index is 11.2. The van der Waals surface area contributed by atoms with E-state index >= 15 is 0 Å². The molecular formula is C15H21N3O2. The third-order valence-electron chi connectivity index (χ3n) is 4.83. The summed E-state index contributed by atoms with van der Waals surface area (Å²) in [5, 5.41) is 11.2. The number of benzene rings is 1. The molecule has 2 aliphatic rings. The van der Waals surface area contributed by atoms with Crippen LogP contribution in [0.5, 0.6) is 0 Å². The first-order valence-corrected chi connectivity index (χ1v) is 7.32. The van der Waals surface area contributed by atoms with Crippen molar-refractivity contribution in [2.75, 3.05) is 31.6 Å². The predicted molar refractivity (Wildman–Crippen MR) is 79.1 cm³/mol. The third-order valence-corrected chi connectivity index (χ3v) is 4.83. The van der Waals surface area contributed by atoms with Gasteiger partial charge in [-0.05, 0) is 44.8 Å². The molecule has 0 aliphatic carbocycles.